The molecule has 0 aliphatic heterocycles. The molecule has 0 heterocycles. The van der Waals surface area contributed by atoms with E-state index in [0.717, 1.165) is 12.8 Å². The van der Waals surface area contributed by atoms with Gasteiger partial charge in [0.15, 0.2) is 0 Å². The lowest BCUT2D eigenvalue weighted by Crippen LogP contribution is -2.42. The van der Waals surface area contributed by atoms with E-state index in [9.17, 15) is 4.79 Å². The van der Waals surface area contributed by atoms with Crippen LogP contribution < -0.4 is 5.73 Å². The number of carbonyl (C=O) groups is 1. The Balaban J connectivity index is 1.90. The van der Waals surface area contributed by atoms with Gasteiger partial charge in [0.05, 0.1) is 5.56 Å². The van der Waals surface area contributed by atoms with E-state index in [2.05, 4.69) is 0 Å². The quantitative estimate of drug-likeness (QED) is 0.717. The van der Waals surface area contributed by atoms with Gasteiger partial charge < -0.3 is 10.5 Å². The van der Waals surface area contributed by atoms with Crippen LogP contribution in [0, 0.1) is 0 Å². The Kier molecular flexibility index (Phi) is 2.50. The lowest BCUT2D eigenvalue weighted by Gasteiger charge is -2.31. The maximum Gasteiger partial charge on any atom is 0.338 e. The Hall–Kier alpha value is -1.35. The van der Waals surface area contributed by atoms with E-state index in [0.29, 0.717) is 5.56 Å². The third kappa shape index (κ3) is 1.93. The standard InChI is InChI=1S/C11H13NO2/c12-9-6-10(7-9)14-11(13)8-4-2-1-3-5-8/h1-5,9-10H,6-7,12H2. The first-order valence-corrected chi connectivity index (χ1v) is 4.77. The van der Waals surface area contributed by atoms with Crippen LogP contribution in [0.3, 0.4) is 0 Å². The number of nitrogens with two attached hydrogens (primary N) is 1. The number of benzene rings is 1. The Morgan fingerprint density at radius 3 is 2.50 bits per heavy atom. The van der Waals surface area contributed by atoms with Gasteiger partial charge in [-0.2, -0.15) is 0 Å². The summed E-state index contributed by atoms with van der Waals surface area (Å²) in [6.45, 7) is 0. The fraction of sp³-hybridized carbons (Fsp3) is 0.364. The molecule has 0 saturated heterocycles. The van der Waals surface area contributed by atoms with Gasteiger partial charge in [0, 0.05) is 6.04 Å². The molecule has 0 aromatic heterocycles. The van der Waals surface area contributed by atoms with E-state index < -0.39 is 0 Å². The van der Waals surface area contributed by atoms with Crippen molar-refractivity contribution in [3.05, 3.63) is 35.9 Å². The fourth-order valence-corrected chi connectivity index (χ4v) is 1.50. The third-order valence-electron chi connectivity index (χ3n) is 2.41. The number of rotatable bonds is 2. The van der Waals surface area contributed by atoms with Crippen molar-refractivity contribution >= 4 is 5.97 Å². The molecule has 2 N–H and O–H groups in total. The van der Waals surface area contributed by atoms with Gasteiger partial charge in [-0.15, -0.1) is 0 Å². The summed E-state index contributed by atoms with van der Waals surface area (Å²) in [6, 6.07) is 9.23. The molecule has 3 nitrogen and oxygen atoms in total. The number of hydrogen-bond acceptors (Lipinski definition) is 3. The third-order valence-corrected chi connectivity index (χ3v) is 2.41. The molecule has 14 heavy (non-hydrogen) atoms. The van der Waals surface area contributed by atoms with Crippen molar-refractivity contribution < 1.29 is 9.53 Å². The highest BCUT2D eigenvalue weighted by atomic mass is 16.5. The maximum absolute atomic E-state index is 11.5. The molecular weight excluding hydrogens is 178 g/mol. The molecular formula is C11H13NO2. The number of ether oxygens (including phenoxy) is 1. The normalized spacial score (nSPS) is 25.2. The fourth-order valence-electron chi connectivity index (χ4n) is 1.50. The summed E-state index contributed by atoms with van der Waals surface area (Å²) in [5.74, 6) is -0.248. The molecule has 74 valence electrons. The number of carbonyl (C=O) groups excluding carboxylic acids is 1. The van der Waals surface area contributed by atoms with Crippen LogP contribution in [0.15, 0.2) is 30.3 Å². The molecule has 0 atom stereocenters. The van der Waals surface area contributed by atoms with Gasteiger partial charge in [0.25, 0.3) is 0 Å². The van der Waals surface area contributed by atoms with Gasteiger partial charge in [-0.3, -0.25) is 0 Å². The average Bonchev–Trinajstić information content (AvgIpc) is 2.17. The average molecular weight is 191 g/mol. The molecule has 1 saturated carbocycles. The molecule has 0 radical (unpaired) electrons. The molecule has 1 aliphatic rings. The van der Waals surface area contributed by atoms with Crippen molar-refractivity contribution in [3.8, 4) is 0 Å². The minimum atomic E-state index is -0.248. The van der Waals surface area contributed by atoms with Gasteiger partial charge >= 0.3 is 5.97 Å². The topological polar surface area (TPSA) is 52.3 Å². The van der Waals surface area contributed by atoms with E-state index in [1.54, 1.807) is 12.1 Å². The minimum Gasteiger partial charge on any atom is -0.459 e. The smallest absolute Gasteiger partial charge is 0.338 e. The molecule has 0 bridgehead atoms. The molecule has 3 heteroatoms. The number of esters is 1. The molecule has 1 aromatic carbocycles. The van der Waals surface area contributed by atoms with Crippen molar-refractivity contribution in [3.63, 3.8) is 0 Å². The first kappa shape index (κ1) is 9.21. The largest absolute Gasteiger partial charge is 0.459 e. The molecule has 1 fully saturated rings. The van der Waals surface area contributed by atoms with E-state index in [4.69, 9.17) is 10.5 Å². The highest BCUT2D eigenvalue weighted by molar-refractivity contribution is 5.89. The van der Waals surface area contributed by atoms with Crippen LogP contribution in [-0.2, 0) is 4.74 Å². The zero-order valence-electron chi connectivity index (χ0n) is 7.85. The highest BCUT2D eigenvalue weighted by Crippen LogP contribution is 2.22. The number of hydrogen-bond donors (Lipinski definition) is 1. The van der Waals surface area contributed by atoms with Gasteiger partial charge in [-0.1, -0.05) is 18.2 Å². The summed E-state index contributed by atoms with van der Waals surface area (Å²) in [7, 11) is 0. The van der Waals surface area contributed by atoms with E-state index in [1.165, 1.54) is 0 Å². The predicted molar refractivity (Wildman–Crippen MR) is 52.9 cm³/mol. The van der Waals surface area contributed by atoms with Crippen LogP contribution in [0.2, 0.25) is 0 Å². The SMILES string of the molecule is NC1CC(OC(=O)c2ccccc2)C1. The van der Waals surface area contributed by atoms with Crippen molar-refractivity contribution in [1.82, 2.24) is 0 Å². The zero-order valence-corrected chi connectivity index (χ0v) is 7.85. The van der Waals surface area contributed by atoms with Crippen molar-refractivity contribution in [2.45, 2.75) is 25.0 Å². The van der Waals surface area contributed by atoms with E-state index in [1.807, 2.05) is 18.2 Å². The zero-order chi connectivity index (χ0) is 9.97. The summed E-state index contributed by atoms with van der Waals surface area (Å²) < 4.78 is 5.22. The van der Waals surface area contributed by atoms with Crippen LogP contribution in [0.5, 0.6) is 0 Å². The molecule has 2 rings (SSSR count). The maximum atomic E-state index is 11.5. The monoisotopic (exact) mass is 191 g/mol. The minimum absolute atomic E-state index is 0.0257. The predicted octanol–water partition coefficient (Wildman–Crippen LogP) is 1.33. The Morgan fingerprint density at radius 1 is 1.29 bits per heavy atom. The summed E-state index contributed by atoms with van der Waals surface area (Å²) in [4.78, 5) is 11.5. The summed E-state index contributed by atoms with van der Waals surface area (Å²) in [5.41, 5.74) is 6.20. The lowest BCUT2D eigenvalue weighted by atomic mass is 9.90. The molecule has 1 aromatic rings. The Morgan fingerprint density at radius 2 is 1.93 bits per heavy atom. The first-order valence-electron chi connectivity index (χ1n) is 4.77. The molecule has 0 amide bonds. The van der Waals surface area contributed by atoms with Crippen molar-refractivity contribution in [1.29, 1.82) is 0 Å². The van der Waals surface area contributed by atoms with Crippen LogP contribution in [0.1, 0.15) is 23.2 Å². The Bertz CT molecular complexity index is 317. The highest BCUT2D eigenvalue weighted by Gasteiger charge is 2.29. The van der Waals surface area contributed by atoms with Crippen LogP contribution in [0.25, 0.3) is 0 Å². The summed E-state index contributed by atoms with van der Waals surface area (Å²) in [5, 5.41) is 0. The summed E-state index contributed by atoms with van der Waals surface area (Å²) in [6.07, 6.45) is 1.61. The molecule has 0 unspecified atom stereocenters. The second kappa shape index (κ2) is 3.80. The van der Waals surface area contributed by atoms with Crippen LogP contribution in [-0.4, -0.2) is 18.1 Å². The Labute approximate surface area is 82.9 Å². The van der Waals surface area contributed by atoms with Gasteiger partial charge in [0.1, 0.15) is 6.10 Å². The molecule has 1 aliphatic carbocycles. The van der Waals surface area contributed by atoms with Crippen molar-refractivity contribution in [2.75, 3.05) is 0 Å². The van der Waals surface area contributed by atoms with Gasteiger partial charge in [-0.05, 0) is 25.0 Å². The lowest BCUT2D eigenvalue weighted by molar-refractivity contribution is 0.00323. The first-order chi connectivity index (χ1) is 6.75. The second-order valence-corrected chi connectivity index (χ2v) is 3.62. The van der Waals surface area contributed by atoms with Crippen molar-refractivity contribution in [2.24, 2.45) is 5.73 Å². The van der Waals surface area contributed by atoms with Crippen LogP contribution >= 0.6 is 0 Å². The van der Waals surface area contributed by atoms with Gasteiger partial charge in [-0.25, -0.2) is 4.79 Å². The molecule has 0 spiro atoms. The second-order valence-electron chi connectivity index (χ2n) is 3.62. The van der Waals surface area contributed by atoms with E-state index in [-0.39, 0.29) is 18.1 Å². The summed E-state index contributed by atoms with van der Waals surface area (Å²) >= 11 is 0. The van der Waals surface area contributed by atoms with E-state index >= 15 is 0 Å². The van der Waals surface area contributed by atoms with Gasteiger partial charge in [0.2, 0.25) is 0 Å². The van der Waals surface area contributed by atoms with Crippen LogP contribution in [0.4, 0.5) is 0 Å².